The monoisotopic (exact) mass is 477 g/mol. The first-order chi connectivity index (χ1) is 16.4. The lowest BCUT2D eigenvalue weighted by atomic mass is 10.1. The Hall–Kier alpha value is -3.69. The number of aryl methyl sites for hydroxylation is 1. The first-order valence-corrected chi connectivity index (χ1v) is 12.3. The lowest BCUT2D eigenvalue weighted by Crippen LogP contribution is -2.24. The van der Waals surface area contributed by atoms with Gasteiger partial charge in [0, 0.05) is 18.7 Å². The lowest BCUT2D eigenvalue weighted by molar-refractivity contribution is 0.0956. The van der Waals surface area contributed by atoms with Gasteiger partial charge in [-0.3, -0.25) is 8.98 Å². The summed E-state index contributed by atoms with van der Waals surface area (Å²) < 4.78 is 37.3. The zero-order chi connectivity index (χ0) is 23.7. The Morgan fingerprint density at radius 2 is 1.76 bits per heavy atom. The highest BCUT2D eigenvalue weighted by molar-refractivity contribution is 7.86. The summed E-state index contributed by atoms with van der Waals surface area (Å²) in [6.07, 6.45) is 0. The van der Waals surface area contributed by atoms with E-state index in [2.05, 4.69) is 9.88 Å². The van der Waals surface area contributed by atoms with Gasteiger partial charge < -0.3 is 14.6 Å². The van der Waals surface area contributed by atoms with E-state index in [1.165, 1.54) is 12.1 Å². The van der Waals surface area contributed by atoms with E-state index in [9.17, 15) is 13.2 Å². The van der Waals surface area contributed by atoms with Crippen LogP contribution < -0.4 is 10.1 Å². The number of ether oxygens (including phenoxy) is 1. The van der Waals surface area contributed by atoms with Gasteiger partial charge in [-0.15, -0.1) is 0 Å². The molecule has 3 aromatic carbocycles. The van der Waals surface area contributed by atoms with Gasteiger partial charge in [-0.2, -0.15) is 8.42 Å². The van der Waals surface area contributed by atoms with Gasteiger partial charge in [0.05, 0.1) is 21.5 Å². The Bertz CT molecular complexity index is 1460. The van der Waals surface area contributed by atoms with Crippen LogP contribution in [-0.4, -0.2) is 43.6 Å². The summed E-state index contributed by atoms with van der Waals surface area (Å²) in [5, 5.41) is 2.92. The van der Waals surface area contributed by atoms with Crippen LogP contribution in [0.3, 0.4) is 0 Å². The van der Waals surface area contributed by atoms with Gasteiger partial charge in [0.2, 0.25) is 0 Å². The van der Waals surface area contributed by atoms with Crippen molar-refractivity contribution in [1.29, 1.82) is 0 Å². The third kappa shape index (κ3) is 4.27. The second kappa shape index (κ2) is 8.92. The Morgan fingerprint density at radius 3 is 2.53 bits per heavy atom. The average Bonchev–Trinajstić information content (AvgIpc) is 3.12. The largest absolute Gasteiger partial charge is 0.491 e. The van der Waals surface area contributed by atoms with E-state index in [1.54, 1.807) is 24.3 Å². The van der Waals surface area contributed by atoms with Crippen molar-refractivity contribution >= 4 is 27.1 Å². The molecular formula is C25H23N3O5S. The summed E-state index contributed by atoms with van der Waals surface area (Å²) >= 11 is 0. The number of amides is 1. The maximum atomic E-state index is 12.3. The molecule has 0 radical (unpaired) electrons. The maximum Gasteiger partial charge on any atom is 0.297 e. The number of hydrogen-bond donors (Lipinski definition) is 1. The molecule has 1 aromatic heterocycles. The maximum absolute atomic E-state index is 12.3. The van der Waals surface area contributed by atoms with Gasteiger partial charge in [0.1, 0.15) is 24.8 Å². The van der Waals surface area contributed by atoms with E-state index in [0.717, 1.165) is 28.0 Å². The van der Waals surface area contributed by atoms with Crippen molar-refractivity contribution in [3.8, 4) is 17.1 Å². The standard InChI is InChI=1S/C25H23N3O5S/c1-17-5-11-20(12-6-17)34(30,31)33-16-15-32-19-9-7-18(8-10-19)24-27-22-4-2-3-21-23(22)28(24)14-13-26-25(21)29/h2-12H,13-16H2,1H3,(H,26,29). The molecule has 0 unspecified atom stereocenters. The number of para-hydroxylation sites is 1. The van der Waals surface area contributed by atoms with Crippen LogP contribution in [0, 0.1) is 6.92 Å². The predicted octanol–water partition coefficient (Wildman–Crippen LogP) is 3.54. The number of benzene rings is 3. The number of nitrogens with zero attached hydrogens (tertiary/aromatic N) is 2. The molecule has 1 aliphatic rings. The summed E-state index contributed by atoms with van der Waals surface area (Å²) in [5.74, 6) is 1.27. The van der Waals surface area contributed by atoms with Crippen molar-refractivity contribution in [2.45, 2.75) is 18.4 Å². The van der Waals surface area contributed by atoms with Gasteiger partial charge in [-0.25, -0.2) is 4.98 Å². The molecule has 34 heavy (non-hydrogen) atoms. The van der Waals surface area contributed by atoms with E-state index in [-0.39, 0.29) is 24.0 Å². The van der Waals surface area contributed by atoms with Crippen LogP contribution in [0.25, 0.3) is 22.4 Å². The summed E-state index contributed by atoms with van der Waals surface area (Å²) in [4.78, 5) is 17.2. The molecule has 9 heteroatoms. The fraction of sp³-hybridized carbons (Fsp3) is 0.200. The first-order valence-electron chi connectivity index (χ1n) is 10.9. The Morgan fingerprint density at radius 1 is 1.00 bits per heavy atom. The van der Waals surface area contributed by atoms with E-state index in [0.29, 0.717) is 24.4 Å². The van der Waals surface area contributed by atoms with Crippen LogP contribution in [0.5, 0.6) is 5.75 Å². The molecule has 2 heterocycles. The highest BCUT2D eigenvalue weighted by atomic mass is 32.2. The fourth-order valence-electron chi connectivity index (χ4n) is 3.96. The minimum atomic E-state index is -3.82. The molecule has 0 fully saturated rings. The van der Waals surface area contributed by atoms with Crippen LogP contribution >= 0.6 is 0 Å². The molecule has 0 saturated carbocycles. The quantitative estimate of drug-likeness (QED) is 0.323. The molecule has 0 spiro atoms. The number of nitrogens with one attached hydrogen (secondary N) is 1. The summed E-state index contributed by atoms with van der Waals surface area (Å²) in [5.41, 5.74) is 4.09. The SMILES string of the molecule is Cc1ccc(S(=O)(=O)OCCOc2ccc(-c3nc4cccc5c4n3CCNC5=O)cc2)cc1. The second-order valence-electron chi connectivity index (χ2n) is 7.98. The molecule has 0 atom stereocenters. The van der Waals surface area contributed by atoms with Gasteiger partial charge >= 0.3 is 0 Å². The van der Waals surface area contributed by atoms with Gasteiger partial charge in [-0.1, -0.05) is 23.8 Å². The number of carbonyl (C=O) groups excluding carboxylic acids is 1. The minimum absolute atomic E-state index is 0.0834. The molecule has 0 saturated heterocycles. The zero-order valence-corrected chi connectivity index (χ0v) is 19.3. The van der Waals surface area contributed by atoms with Crippen molar-refractivity contribution in [2.75, 3.05) is 19.8 Å². The topological polar surface area (TPSA) is 99.5 Å². The van der Waals surface area contributed by atoms with Crippen LogP contribution in [0.4, 0.5) is 0 Å². The van der Waals surface area contributed by atoms with E-state index < -0.39 is 10.1 Å². The van der Waals surface area contributed by atoms with Gasteiger partial charge in [-0.05, 0) is 55.5 Å². The van der Waals surface area contributed by atoms with Crippen molar-refractivity contribution in [2.24, 2.45) is 0 Å². The van der Waals surface area contributed by atoms with Crippen LogP contribution in [0.15, 0.2) is 71.6 Å². The highest BCUT2D eigenvalue weighted by Crippen LogP contribution is 2.29. The Kier molecular flexibility index (Phi) is 5.80. The number of imidazole rings is 1. The number of rotatable bonds is 7. The second-order valence-corrected chi connectivity index (χ2v) is 9.59. The summed E-state index contributed by atoms with van der Waals surface area (Å²) in [6, 6.07) is 19.4. The zero-order valence-electron chi connectivity index (χ0n) is 18.5. The summed E-state index contributed by atoms with van der Waals surface area (Å²) in [7, 11) is -3.82. The third-order valence-electron chi connectivity index (χ3n) is 5.64. The molecule has 174 valence electrons. The smallest absolute Gasteiger partial charge is 0.297 e. The van der Waals surface area contributed by atoms with E-state index in [4.69, 9.17) is 13.9 Å². The molecule has 4 aromatic rings. The number of carbonyl (C=O) groups is 1. The number of hydrogen-bond acceptors (Lipinski definition) is 6. The van der Waals surface area contributed by atoms with E-state index in [1.807, 2.05) is 37.3 Å². The molecule has 1 N–H and O–H groups in total. The van der Waals surface area contributed by atoms with Gasteiger partial charge in [0.15, 0.2) is 0 Å². The van der Waals surface area contributed by atoms with Crippen molar-refractivity contribution in [3.63, 3.8) is 0 Å². The average molecular weight is 478 g/mol. The van der Waals surface area contributed by atoms with Crippen molar-refractivity contribution in [3.05, 3.63) is 77.9 Å². The Labute approximate surface area is 197 Å². The molecule has 1 aliphatic heterocycles. The molecule has 1 amide bonds. The van der Waals surface area contributed by atoms with Crippen LogP contribution in [-0.2, 0) is 20.8 Å². The number of aromatic nitrogens is 2. The highest BCUT2D eigenvalue weighted by Gasteiger charge is 2.21. The van der Waals surface area contributed by atoms with Crippen LogP contribution in [0.1, 0.15) is 15.9 Å². The van der Waals surface area contributed by atoms with Gasteiger partial charge in [0.25, 0.3) is 16.0 Å². The molecule has 0 bridgehead atoms. The summed E-state index contributed by atoms with van der Waals surface area (Å²) in [6.45, 7) is 3.02. The molecular weight excluding hydrogens is 454 g/mol. The Balaban J connectivity index is 1.26. The normalized spacial score (nSPS) is 13.5. The third-order valence-corrected chi connectivity index (χ3v) is 6.97. The molecule has 8 nitrogen and oxygen atoms in total. The lowest BCUT2D eigenvalue weighted by Gasteiger charge is -2.10. The molecule has 5 rings (SSSR count). The fourth-order valence-corrected chi connectivity index (χ4v) is 4.85. The first kappa shape index (κ1) is 22.1. The molecule has 0 aliphatic carbocycles. The van der Waals surface area contributed by atoms with E-state index >= 15 is 0 Å². The van der Waals surface area contributed by atoms with Crippen molar-refractivity contribution in [1.82, 2.24) is 14.9 Å². The predicted molar refractivity (Wildman–Crippen MR) is 127 cm³/mol. The van der Waals surface area contributed by atoms with Crippen molar-refractivity contribution < 1.29 is 22.1 Å². The van der Waals surface area contributed by atoms with Crippen LogP contribution in [0.2, 0.25) is 0 Å². The minimum Gasteiger partial charge on any atom is -0.491 e.